The second kappa shape index (κ2) is 5.22. The molecular weight excluding hydrogens is 292 g/mol. The lowest BCUT2D eigenvalue weighted by Gasteiger charge is -2.64. The Hall–Kier alpha value is -1.58. The number of ether oxygens (including phenoxy) is 2. The van der Waals surface area contributed by atoms with Crippen LogP contribution in [0.1, 0.15) is 52.4 Å². The van der Waals surface area contributed by atoms with Crippen molar-refractivity contribution in [3.63, 3.8) is 0 Å². The summed E-state index contributed by atoms with van der Waals surface area (Å²) in [5.41, 5.74) is -1.13. The van der Waals surface area contributed by atoms with Gasteiger partial charge in [0.05, 0.1) is 0 Å². The SMILES string of the molecule is C=CC(=O)OC12CC3CC(C1)CC(C(C)(C)OC(=O)C=C)(C3)C2. The molecule has 0 heterocycles. The lowest BCUT2D eigenvalue weighted by Crippen LogP contribution is -2.64. The van der Waals surface area contributed by atoms with Gasteiger partial charge in [0, 0.05) is 17.6 Å². The van der Waals surface area contributed by atoms with Crippen LogP contribution in [-0.2, 0) is 19.1 Å². The number of hydrogen-bond acceptors (Lipinski definition) is 4. The maximum absolute atomic E-state index is 11.8. The van der Waals surface area contributed by atoms with Crippen LogP contribution < -0.4 is 0 Å². The van der Waals surface area contributed by atoms with Crippen molar-refractivity contribution in [1.29, 1.82) is 0 Å². The molecule has 0 N–H and O–H groups in total. The Morgan fingerprint density at radius 3 is 2.13 bits per heavy atom. The van der Waals surface area contributed by atoms with Crippen LogP contribution in [-0.4, -0.2) is 23.1 Å². The number of hydrogen-bond donors (Lipinski definition) is 0. The number of carbonyl (C=O) groups is 2. The second-order valence-corrected chi connectivity index (χ2v) is 8.19. The minimum atomic E-state index is -0.595. The Kier molecular flexibility index (Phi) is 3.69. The van der Waals surface area contributed by atoms with Gasteiger partial charge in [-0.25, -0.2) is 9.59 Å². The van der Waals surface area contributed by atoms with Crippen LogP contribution >= 0.6 is 0 Å². The normalized spacial score (nSPS) is 38.0. The summed E-state index contributed by atoms with van der Waals surface area (Å²) in [4.78, 5) is 23.6. The predicted octanol–water partition coefficient (Wildman–Crippen LogP) is 3.56. The van der Waals surface area contributed by atoms with Crippen LogP contribution in [0.4, 0.5) is 0 Å². The molecule has 23 heavy (non-hydrogen) atoms. The molecule has 0 saturated heterocycles. The molecule has 4 bridgehead atoms. The fraction of sp³-hybridized carbons (Fsp3) is 0.684. The fourth-order valence-electron chi connectivity index (χ4n) is 5.66. The fourth-order valence-corrected chi connectivity index (χ4v) is 5.66. The van der Waals surface area contributed by atoms with E-state index < -0.39 is 11.2 Å². The summed E-state index contributed by atoms with van der Waals surface area (Å²) in [7, 11) is 0. The lowest BCUT2D eigenvalue weighted by molar-refractivity contribution is -0.238. The van der Waals surface area contributed by atoms with Gasteiger partial charge >= 0.3 is 11.9 Å². The molecule has 4 nitrogen and oxygen atoms in total. The van der Waals surface area contributed by atoms with Crippen LogP contribution in [0.25, 0.3) is 0 Å². The minimum Gasteiger partial charge on any atom is -0.456 e. The van der Waals surface area contributed by atoms with E-state index in [1.807, 2.05) is 13.8 Å². The van der Waals surface area contributed by atoms with Crippen LogP contribution in [0.3, 0.4) is 0 Å². The van der Waals surface area contributed by atoms with Crippen molar-refractivity contribution in [3.8, 4) is 0 Å². The second-order valence-electron chi connectivity index (χ2n) is 8.19. The Morgan fingerprint density at radius 2 is 1.61 bits per heavy atom. The van der Waals surface area contributed by atoms with Crippen molar-refractivity contribution in [3.05, 3.63) is 25.3 Å². The first kappa shape index (κ1) is 16.3. The maximum atomic E-state index is 11.8. The maximum Gasteiger partial charge on any atom is 0.330 e. The summed E-state index contributed by atoms with van der Waals surface area (Å²) in [5.74, 6) is 0.344. The largest absolute Gasteiger partial charge is 0.456 e. The van der Waals surface area contributed by atoms with E-state index in [1.54, 1.807) is 0 Å². The monoisotopic (exact) mass is 318 g/mol. The lowest BCUT2D eigenvalue weighted by atomic mass is 9.44. The van der Waals surface area contributed by atoms with Gasteiger partial charge in [-0.3, -0.25) is 0 Å². The molecule has 126 valence electrons. The third-order valence-corrected chi connectivity index (χ3v) is 6.29. The average molecular weight is 318 g/mol. The van der Waals surface area contributed by atoms with E-state index in [9.17, 15) is 9.59 Å². The Bertz CT molecular complexity index is 546. The summed E-state index contributed by atoms with van der Waals surface area (Å²) in [6.07, 6.45) is 8.35. The van der Waals surface area contributed by atoms with E-state index in [0.29, 0.717) is 11.8 Å². The molecule has 0 aromatic carbocycles. The van der Waals surface area contributed by atoms with Gasteiger partial charge in [0.1, 0.15) is 11.2 Å². The van der Waals surface area contributed by atoms with Crippen LogP contribution in [0.2, 0.25) is 0 Å². The molecule has 4 rings (SSSR count). The summed E-state index contributed by atoms with van der Waals surface area (Å²) in [5, 5.41) is 0. The third kappa shape index (κ3) is 2.62. The van der Waals surface area contributed by atoms with Crippen LogP contribution in [0, 0.1) is 17.3 Å². The van der Waals surface area contributed by atoms with Crippen molar-refractivity contribution >= 4 is 11.9 Å². The molecule has 0 radical (unpaired) electrons. The van der Waals surface area contributed by atoms with Gasteiger partial charge in [-0.15, -0.1) is 0 Å². The molecule has 0 amide bonds. The first-order valence-electron chi connectivity index (χ1n) is 8.44. The number of carbonyl (C=O) groups excluding carboxylic acids is 2. The van der Waals surface area contributed by atoms with E-state index in [4.69, 9.17) is 9.47 Å². The molecule has 0 aromatic heterocycles. The van der Waals surface area contributed by atoms with Crippen molar-refractivity contribution in [2.75, 3.05) is 0 Å². The minimum absolute atomic E-state index is 0.128. The van der Waals surface area contributed by atoms with Gasteiger partial charge in [-0.1, -0.05) is 13.2 Å². The Morgan fingerprint density at radius 1 is 1.04 bits per heavy atom. The highest BCUT2D eigenvalue weighted by Gasteiger charge is 2.64. The molecule has 4 saturated carbocycles. The summed E-state index contributed by atoms with van der Waals surface area (Å²) < 4.78 is 11.6. The number of esters is 2. The third-order valence-electron chi connectivity index (χ3n) is 6.29. The molecule has 2 unspecified atom stereocenters. The molecule has 0 aromatic rings. The summed E-state index contributed by atoms with van der Waals surface area (Å²) in [6, 6.07) is 0. The highest BCUT2D eigenvalue weighted by Crippen LogP contribution is 2.66. The quantitative estimate of drug-likeness (QED) is 0.574. The molecule has 4 aliphatic carbocycles. The molecule has 0 aliphatic heterocycles. The van der Waals surface area contributed by atoms with Gasteiger partial charge in [0.15, 0.2) is 0 Å². The Labute approximate surface area is 137 Å². The van der Waals surface area contributed by atoms with E-state index >= 15 is 0 Å². The standard InChI is InChI=1S/C19H26O4/c1-5-15(20)22-17(3,4)18-8-13-7-14(9-18)11-19(10-13,12-18)23-16(21)6-2/h5-6,13-14H,1-2,7-12H2,3-4H3. The first-order valence-corrected chi connectivity index (χ1v) is 8.44. The van der Waals surface area contributed by atoms with Crippen LogP contribution in [0.5, 0.6) is 0 Å². The molecule has 2 atom stereocenters. The van der Waals surface area contributed by atoms with Crippen molar-refractivity contribution in [2.45, 2.75) is 63.6 Å². The zero-order chi connectivity index (χ0) is 16.9. The Balaban J connectivity index is 1.91. The summed E-state index contributed by atoms with van der Waals surface area (Å²) >= 11 is 0. The molecule has 0 spiro atoms. The van der Waals surface area contributed by atoms with Gasteiger partial charge in [-0.2, -0.15) is 0 Å². The van der Waals surface area contributed by atoms with Crippen molar-refractivity contribution in [1.82, 2.24) is 0 Å². The molecule has 4 heteroatoms. The summed E-state index contributed by atoms with van der Waals surface area (Å²) in [6.45, 7) is 11.0. The molecule has 4 fully saturated rings. The highest BCUT2D eigenvalue weighted by molar-refractivity contribution is 5.82. The molecular formula is C19H26O4. The van der Waals surface area contributed by atoms with E-state index in [0.717, 1.165) is 32.1 Å². The molecule has 4 aliphatic rings. The average Bonchev–Trinajstić information content (AvgIpc) is 2.44. The first-order chi connectivity index (χ1) is 10.7. The smallest absolute Gasteiger partial charge is 0.330 e. The zero-order valence-corrected chi connectivity index (χ0v) is 14.1. The van der Waals surface area contributed by atoms with Gasteiger partial charge < -0.3 is 9.47 Å². The highest BCUT2D eigenvalue weighted by atomic mass is 16.6. The predicted molar refractivity (Wildman–Crippen MR) is 86.5 cm³/mol. The van der Waals surface area contributed by atoms with Crippen molar-refractivity contribution < 1.29 is 19.1 Å². The number of rotatable bonds is 5. The van der Waals surface area contributed by atoms with Crippen molar-refractivity contribution in [2.24, 2.45) is 17.3 Å². The van der Waals surface area contributed by atoms with E-state index in [1.165, 1.54) is 18.6 Å². The van der Waals surface area contributed by atoms with Crippen LogP contribution in [0.15, 0.2) is 25.3 Å². The van der Waals surface area contributed by atoms with Gasteiger partial charge in [-0.05, 0) is 64.2 Å². The van der Waals surface area contributed by atoms with Gasteiger partial charge in [0.2, 0.25) is 0 Å². The topological polar surface area (TPSA) is 52.6 Å². The zero-order valence-electron chi connectivity index (χ0n) is 14.1. The van der Waals surface area contributed by atoms with E-state index in [-0.39, 0.29) is 17.4 Å². The van der Waals surface area contributed by atoms with Gasteiger partial charge in [0.25, 0.3) is 0 Å². The van der Waals surface area contributed by atoms with E-state index in [2.05, 4.69) is 13.2 Å².